The summed E-state index contributed by atoms with van der Waals surface area (Å²) in [6, 6.07) is 25.7. The summed E-state index contributed by atoms with van der Waals surface area (Å²) in [6.45, 7) is 7.70. The van der Waals surface area contributed by atoms with E-state index in [2.05, 4.69) is 53.2 Å². The van der Waals surface area contributed by atoms with E-state index < -0.39 is 37.7 Å². The first-order chi connectivity index (χ1) is 23.7. The van der Waals surface area contributed by atoms with Gasteiger partial charge in [0, 0.05) is 34.4 Å². The topological polar surface area (TPSA) is 38.9 Å². The molecule has 1 radical (unpaired) electrons. The van der Waals surface area contributed by atoms with Gasteiger partial charge in [0.25, 0.3) is 0 Å². The van der Waals surface area contributed by atoms with Crippen molar-refractivity contribution >= 4 is 39.6 Å². The average Bonchev–Trinajstić information content (AvgIpc) is 3.42. The number of furan rings is 1. The van der Waals surface area contributed by atoms with Crippen LogP contribution in [0.3, 0.4) is 0 Å². The number of fused-ring (bicyclic) bond motifs is 3. The van der Waals surface area contributed by atoms with Crippen LogP contribution in [-0.4, -0.2) is 23.2 Å². The van der Waals surface area contributed by atoms with Gasteiger partial charge >= 0.3 is 140 Å². The molecule has 3 heterocycles. The molecule has 6 heteroatoms. The van der Waals surface area contributed by atoms with Crippen LogP contribution >= 0.6 is 0 Å². The number of aromatic nitrogens is 2. The molecule has 47 heavy (non-hydrogen) atoms. The van der Waals surface area contributed by atoms with Crippen molar-refractivity contribution in [2.45, 2.75) is 71.5 Å². The number of rotatable bonds is 6. The minimum absolute atomic E-state index is 0. The zero-order valence-electron chi connectivity index (χ0n) is 33.3. The number of pyridine rings is 2. The Hall–Kier alpha value is -3.12. The molecule has 0 bridgehead atoms. The van der Waals surface area contributed by atoms with Crippen molar-refractivity contribution in [3.8, 4) is 22.5 Å². The van der Waals surface area contributed by atoms with Crippen LogP contribution in [0.15, 0.2) is 83.5 Å². The molecule has 0 saturated heterocycles. The second-order valence-corrected chi connectivity index (χ2v) is 24.8. The minimum atomic E-state index is -2.34. The van der Waals surface area contributed by atoms with Gasteiger partial charge in [-0.2, -0.15) is 0 Å². The maximum atomic E-state index is 14.5. The van der Waals surface area contributed by atoms with Gasteiger partial charge in [-0.3, -0.25) is 0 Å². The summed E-state index contributed by atoms with van der Waals surface area (Å²) in [6.07, 6.45) is 2.98. The molecule has 0 amide bonds. The standard InChI is InChI=1S/C22H20NO.C19H25FGeN.Ir/c1-22(2,3)14-15-11-12-23-19(13-15)18-9-6-8-17-16-7-4-5-10-20(16)24-21(17)18;1-13(2)9-15-11-19(22-12-18(15)21(4,5)6)16-8-7-14(3)10-17(16)20;/h4-8,10-13H,14H2,1-3H3;7,10-13H,9H2,1-6H3;/q2*-1;/i14D2;3D3;. The first-order valence-corrected chi connectivity index (χ1v) is 23.0. The van der Waals surface area contributed by atoms with E-state index in [0.29, 0.717) is 22.9 Å². The molecular weight excluding hydrogens is 820 g/mol. The molecule has 3 aromatic carbocycles. The fraction of sp³-hybridized carbons (Fsp3) is 0.317. The van der Waals surface area contributed by atoms with E-state index in [4.69, 9.17) is 11.3 Å². The van der Waals surface area contributed by atoms with E-state index in [0.717, 1.165) is 40.0 Å². The third kappa shape index (κ3) is 9.07. The molecule has 6 rings (SSSR count). The Kier molecular flexibility index (Phi) is 9.55. The van der Waals surface area contributed by atoms with E-state index in [1.54, 1.807) is 12.3 Å². The van der Waals surface area contributed by atoms with Crippen LogP contribution < -0.4 is 4.40 Å². The quantitative estimate of drug-likeness (QED) is 0.124. The van der Waals surface area contributed by atoms with Gasteiger partial charge in [-0.05, 0) is 29.6 Å². The molecule has 0 spiro atoms. The Morgan fingerprint density at radius 3 is 2.38 bits per heavy atom. The number of halogens is 1. The summed E-state index contributed by atoms with van der Waals surface area (Å²) in [5.41, 5.74) is 4.98. The predicted octanol–water partition coefficient (Wildman–Crippen LogP) is 10.8. The largest absolute Gasteiger partial charge is 0.501 e. The summed E-state index contributed by atoms with van der Waals surface area (Å²) in [5.74, 6) is 6.85. The van der Waals surface area contributed by atoms with Crippen LogP contribution in [0.2, 0.25) is 17.3 Å². The van der Waals surface area contributed by atoms with Crippen molar-refractivity contribution in [1.29, 1.82) is 0 Å². The van der Waals surface area contributed by atoms with Gasteiger partial charge in [-0.15, -0.1) is 18.2 Å². The zero-order valence-corrected chi connectivity index (χ0v) is 32.8. The average molecular weight is 871 g/mol. The molecule has 247 valence electrons. The van der Waals surface area contributed by atoms with Gasteiger partial charge in [-0.25, -0.2) is 0 Å². The molecule has 0 aliphatic carbocycles. The normalized spacial score (nSPS) is 14.0. The smallest absolute Gasteiger partial charge is 0.120 e. The van der Waals surface area contributed by atoms with Crippen molar-refractivity contribution in [2.75, 3.05) is 0 Å². The Morgan fingerprint density at radius 2 is 1.70 bits per heavy atom. The number of hydrogen-bond acceptors (Lipinski definition) is 3. The maximum Gasteiger partial charge on any atom is 0.120 e. The SMILES string of the molecule is [2H]C([2H])([2H])c1c[c-]c(-c2cc(CC(C)C)[c]([Ge]([CH3])([CH3])[CH3])cn2)c(F)c1.[2H]C([2H])(c1ccnc(-c2[c-]ccc3c2oc2ccccc23)c1)C(C)(C)C.[Ir]. The van der Waals surface area contributed by atoms with E-state index >= 15 is 0 Å². The summed E-state index contributed by atoms with van der Waals surface area (Å²) < 4.78 is 61.1. The number of hydrogen-bond donors (Lipinski definition) is 0. The molecule has 3 nitrogen and oxygen atoms in total. The van der Waals surface area contributed by atoms with Crippen molar-refractivity contribution in [2.24, 2.45) is 11.3 Å². The molecule has 0 fully saturated rings. The molecule has 0 atom stereocenters. The number of benzene rings is 3. The third-order valence-corrected chi connectivity index (χ3v) is 11.8. The minimum Gasteiger partial charge on any atom is -0.501 e. The van der Waals surface area contributed by atoms with Crippen molar-refractivity contribution in [1.82, 2.24) is 9.97 Å². The monoisotopic (exact) mass is 872 g/mol. The van der Waals surface area contributed by atoms with Crippen LogP contribution in [0.5, 0.6) is 0 Å². The molecule has 0 N–H and O–H groups in total. The summed E-state index contributed by atoms with van der Waals surface area (Å²) >= 11 is -2.08. The van der Waals surface area contributed by atoms with E-state index in [-0.39, 0.29) is 31.2 Å². The molecule has 0 aliphatic heterocycles. The van der Waals surface area contributed by atoms with E-state index in [9.17, 15) is 4.39 Å². The van der Waals surface area contributed by atoms with E-state index in [1.807, 2.05) is 75.5 Å². The van der Waals surface area contributed by atoms with Crippen LogP contribution in [0, 0.1) is 36.1 Å². The van der Waals surface area contributed by atoms with Gasteiger partial charge in [0.2, 0.25) is 0 Å². The number of para-hydroxylation sites is 1. The number of aryl methyl sites for hydroxylation is 1. The third-order valence-electron chi connectivity index (χ3n) is 7.45. The second-order valence-electron chi connectivity index (χ2n) is 14.2. The van der Waals surface area contributed by atoms with Gasteiger partial charge in [0.05, 0.1) is 5.58 Å². The first kappa shape index (κ1) is 30.0. The van der Waals surface area contributed by atoms with Gasteiger partial charge < -0.3 is 9.40 Å². The molecule has 6 aromatic rings. The molecule has 0 saturated carbocycles. The van der Waals surface area contributed by atoms with Gasteiger partial charge in [0.1, 0.15) is 5.58 Å². The Balaban J connectivity index is 0.000000229. The van der Waals surface area contributed by atoms with Crippen LogP contribution in [0.4, 0.5) is 4.39 Å². The zero-order chi connectivity index (χ0) is 37.5. The van der Waals surface area contributed by atoms with Crippen LogP contribution in [-0.2, 0) is 32.9 Å². The van der Waals surface area contributed by atoms with Crippen molar-refractivity contribution in [3.63, 3.8) is 0 Å². The molecule has 3 aromatic heterocycles. The maximum absolute atomic E-state index is 14.5. The van der Waals surface area contributed by atoms with Gasteiger partial charge in [0.15, 0.2) is 0 Å². The summed E-state index contributed by atoms with van der Waals surface area (Å²) in [5, 5.41) is 2.07. The Bertz CT molecular complexity index is 2190. The van der Waals surface area contributed by atoms with E-state index in [1.165, 1.54) is 16.0 Å². The fourth-order valence-corrected chi connectivity index (χ4v) is 8.88. The predicted molar refractivity (Wildman–Crippen MR) is 194 cm³/mol. The first-order valence-electron chi connectivity index (χ1n) is 18.2. The Labute approximate surface area is 303 Å². The van der Waals surface area contributed by atoms with Crippen LogP contribution in [0.25, 0.3) is 44.5 Å². The Morgan fingerprint density at radius 1 is 0.957 bits per heavy atom. The van der Waals surface area contributed by atoms with Crippen LogP contribution in [0.1, 0.15) is 58.2 Å². The van der Waals surface area contributed by atoms with Gasteiger partial charge in [-0.1, -0.05) is 61.5 Å². The summed E-state index contributed by atoms with van der Waals surface area (Å²) in [4.78, 5) is 8.94. The number of nitrogens with zero attached hydrogens (tertiary/aromatic N) is 2. The molecule has 0 unspecified atom stereocenters. The molecule has 0 aliphatic rings. The van der Waals surface area contributed by atoms with Crippen molar-refractivity contribution in [3.05, 3.63) is 114 Å². The van der Waals surface area contributed by atoms with Crippen molar-refractivity contribution < 1.29 is 35.8 Å². The second kappa shape index (κ2) is 15.0. The molecular formula is C41H45FGeIrN2O-2. The fourth-order valence-electron chi connectivity index (χ4n) is 5.54. The summed E-state index contributed by atoms with van der Waals surface area (Å²) in [7, 11) is 0.